The van der Waals surface area contributed by atoms with Gasteiger partial charge in [0.1, 0.15) is 16.6 Å². The fraction of sp³-hybridized carbons (Fsp3) is 0.316. The van der Waals surface area contributed by atoms with E-state index in [-0.39, 0.29) is 11.7 Å². The van der Waals surface area contributed by atoms with Gasteiger partial charge in [-0.2, -0.15) is 0 Å². The van der Waals surface area contributed by atoms with E-state index in [4.69, 9.17) is 9.15 Å². The Balaban J connectivity index is 1.69. The van der Waals surface area contributed by atoms with Crippen LogP contribution in [0.4, 0.5) is 0 Å². The highest BCUT2D eigenvalue weighted by atomic mass is 32.1. The molecule has 4 heteroatoms. The van der Waals surface area contributed by atoms with Crippen molar-refractivity contribution in [3.05, 3.63) is 68.6 Å². The average molecular weight is 326 g/mol. The molecular weight excluding hydrogens is 308 g/mol. The monoisotopic (exact) mass is 326 g/mol. The van der Waals surface area contributed by atoms with Crippen LogP contribution in [-0.2, 0) is 17.8 Å². The van der Waals surface area contributed by atoms with Crippen LogP contribution in [0, 0.1) is 6.92 Å². The first kappa shape index (κ1) is 14.7. The zero-order chi connectivity index (χ0) is 15.8. The second kappa shape index (κ2) is 5.95. The van der Waals surface area contributed by atoms with Crippen molar-refractivity contribution in [3.63, 3.8) is 0 Å². The lowest BCUT2D eigenvalue weighted by Crippen LogP contribution is -2.16. The summed E-state index contributed by atoms with van der Waals surface area (Å²) in [6, 6.07) is 12.2. The van der Waals surface area contributed by atoms with Crippen LogP contribution in [0.2, 0.25) is 0 Å². The van der Waals surface area contributed by atoms with Gasteiger partial charge in [0, 0.05) is 15.8 Å². The summed E-state index contributed by atoms with van der Waals surface area (Å²) in [6.45, 7) is 2.57. The van der Waals surface area contributed by atoms with Crippen molar-refractivity contribution < 1.29 is 9.15 Å². The molecule has 0 radical (unpaired) electrons. The van der Waals surface area contributed by atoms with Gasteiger partial charge in [0.15, 0.2) is 0 Å². The Morgan fingerprint density at radius 2 is 2.13 bits per heavy atom. The molecule has 0 saturated carbocycles. The van der Waals surface area contributed by atoms with Crippen LogP contribution in [0.1, 0.15) is 40.7 Å². The van der Waals surface area contributed by atoms with Crippen LogP contribution < -0.4 is 5.63 Å². The normalized spacial score (nSPS) is 17.3. The second-order valence-electron chi connectivity index (χ2n) is 6.01. The van der Waals surface area contributed by atoms with Crippen molar-refractivity contribution in [1.29, 1.82) is 0 Å². The van der Waals surface area contributed by atoms with E-state index < -0.39 is 0 Å². The Kier molecular flexibility index (Phi) is 3.79. The SMILES string of the molecule is Cc1cc2c3c(oc(=O)c2s1)C(OCc1ccccc1)CCC3. The number of benzene rings is 1. The molecule has 1 aromatic carbocycles. The maximum Gasteiger partial charge on any atom is 0.354 e. The van der Waals surface area contributed by atoms with Gasteiger partial charge in [-0.25, -0.2) is 4.79 Å². The zero-order valence-corrected chi connectivity index (χ0v) is 13.8. The number of ether oxygens (including phenoxy) is 1. The molecule has 0 saturated heterocycles. The highest BCUT2D eigenvalue weighted by Gasteiger charge is 2.27. The predicted molar refractivity (Wildman–Crippen MR) is 92.0 cm³/mol. The van der Waals surface area contributed by atoms with Crippen LogP contribution in [0.25, 0.3) is 10.1 Å². The highest BCUT2D eigenvalue weighted by molar-refractivity contribution is 7.18. The molecule has 0 N–H and O–H groups in total. The third kappa shape index (κ3) is 2.73. The Morgan fingerprint density at radius 1 is 1.30 bits per heavy atom. The molecule has 0 spiro atoms. The maximum absolute atomic E-state index is 12.3. The molecule has 2 heterocycles. The summed E-state index contributed by atoms with van der Waals surface area (Å²) in [5, 5.41) is 1.06. The number of hydrogen-bond donors (Lipinski definition) is 0. The molecule has 1 aliphatic rings. The van der Waals surface area contributed by atoms with Crippen LogP contribution in [0.5, 0.6) is 0 Å². The molecule has 1 aliphatic carbocycles. The first-order valence-corrected chi connectivity index (χ1v) is 8.75. The van der Waals surface area contributed by atoms with Gasteiger partial charge < -0.3 is 9.15 Å². The summed E-state index contributed by atoms with van der Waals surface area (Å²) in [5.41, 5.74) is 2.06. The molecule has 23 heavy (non-hydrogen) atoms. The lowest BCUT2D eigenvalue weighted by Gasteiger charge is -2.24. The van der Waals surface area contributed by atoms with Crippen LogP contribution >= 0.6 is 11.3 Å². The van der Waals surface area contributed by atoms with E-state index in [1.807, 2.05) is 37.3 Å². The number of fused-ring (bicyclic) bond motifs is 3. The summed E-state index contributed by atoms with van der Waals surface area (Å²) in [6.07, 6.45) is 2.79. The Bertz CT molecular complexity index is 892. The number of rotatable bonds is 3. The van der Waals surface area contributed by atoms with Gasteiger partial charge in [0.05, 0.1) is 6.61 Å². The smallest absolute Gasteiger partial charge is 0.354 e. The summed E-state index contributed by atoms with van der Waals surface area (Å²) in [7, 11) is 0. The largest absolute Gasteiger partial charge is 0.424 e. The predicted octanol–water partition coefficient (Wildman–Crippen LogP) is 4.76. The topological polar surface area (TPSA) is 39.4 Å². The van der Waals surface area contributed by atoms with Gasteiger partial charge in [-0.05, 0) is 37.8 Å². The number of thiophene rings is 1. The van der Waals surface area contributed by atoms with E-state index in [0.29, 0.717) is 6.61 Å². The van der Waals surface area contributed by atoms with Crippen LogP contribution in [0.15, 0.2) is 45.6 Å². The van der Waals surface area contributed by atoms with Crippen LogP contribution in [-0.4, -0.2) is 0 Å². The van der Waals surface area contributed by atoms with Gasteiger partial charge in [0.25, 0.3) is 0 Å². The molecule has 0 fully saturated rings. The van der Waals surface area contributed by atoms with E-state index >= 15 is 0 Å². The Labute approximate surface area is 138 Å². The minimum Gasteiger partial charge on any atom is -0.424 e. The Hall–Kier alpha value is -1.91. The molecule has 1 unspecified atom stereocenters. The summed E-state index contributed by atoms with van der Waals surface area (Å²) in [5.74, 6) is 0.738. The van der Waals surface area contributed by atoms with E-state index in [0.717, 1.165) is 51.1 Å². The van der Waals surface area contributed by atoms with Gasteiger partial charge in [0.2, 0.25) is 0 Å². The highest BCUT2D eigenvalue weighted by Crippen LogP contribution is 2.37. The van der Waals surface area contributed by atoms with Crippen LogP contribution in [0.3, 0.4) is 0 Å². The quantitative estimate of drug-likeness (QED) is 0.697. The van der Waals surface area contributed by atoms with E-state index in [9.17, 15) is 4.79 Å². The maximum atomic E-state index is 12.3. The summed E-state index contributed by atoms with van der Waals surface area (Å²) in [4.78, 5) is 13.4. The minimum atomic E-state index is -0.230. The van der Waals surface area contributed by atoms with Gasteiger partial charge in [-0.3, -0.25) is 0 Å². The minimum absolute atomic E-state index is 0.128. The fourth-order valence-corrected chi connectivity index (χ4v) is 4.19. The fourth-order valence-electron chi connectivity index (χ4n) is 3.27. The van der Waals surface area contributed by atoms with Gasteiger partial charge in [-0.1, -0.05) is 30.3 Å². The molecule has 1 atom stereocenters. The molecule has 4 rings (SSSR count). The van der Waals surface area contributed by atoms with Crippen molar-refractivity contribution in [2.75, 3.05) is 0 Å². The van der Waals surface area contributed by atoms with Gasteiger partial charge >= 0.3 is 5.63 Å². The number of hydrogen-bond acceptors (Lipinski definition) is 4. The van der Waals surface area contributed by atoms with Crippen molar-refractivity contribution in [2.24, 2.45) is 0 Å². The molecule has 3 aromatic rings. The number of aryl methyl sites for hydroxylation is 2. The van der Waals surface area contributed by atoms with Crippen molar-refractivity contribution in [1.82, 2.24) is 0 Å². The lowest BCUT2D eigenvalue weighted by molar-refractivity contribution is 0.0116. The molecule has 0 amide bonds. The molecule has 0 bridgehead atoms. The molecule has 2 aromatic heterocycles. The van der Waals surface area contributed by atoms with Crippen molar-refractivity contribution in [2.45, 2.75) is 38.9 Å². The summed E-state index contributed by atoms with van der Waals surface area (Å²) >= 11 is 1.52. The van der Waals surface area contributed by atoms with E-state index in [2.05, 4.69) is 6.07 Å². The first-order chi connectivity index (χ1) is 11.2. The third-order valence-electron chi connectivity index (χ3n) is 4.35. The standard InChI is InChI=1S/C19H18O3S/c1-12-10-15-14-8-5-9-16(17(14)22-19(20)18(15)23-12)21-11-13-6-3-2-4-7-13/h2-4,6-7,10,16H,5,8-9,11H2,1H3. The molecule has 0 aliphatic heterocycles. The lowest BCUT2D eigenvalue weighted by atomic mass is 9.92. The molecule has 3 nitrogen and oxygen atoms in total. The van der Waals surface area contributed by atoms with E-state index in [1.54, 1.807) is 0 Å². The Morgan fingerprint density at radius 3 is 2.96 bits per heavy atom. The third-order valence-corrected chi connectivity index (χ3v) is 5.38. The average Bonchev–Trinajstić information content (AvgIpc) is 2.97. The zero-order valence-electron chi connectivity index (χ0n) is 13.0. The molecular formula is C19H18O3S. The first-order valence-electron chi connectivity index (χ1n) is 7.94. The molecule has 118 valence electrons. The van der Waals surface area contributed by atoms with Gasteiger partial charge in [-0.15, -0.1) is 11.3 Å². The summed E-state index contributed by atoms with van der Waals surface area (Å²) < 4.78 is 12.5. The van der Waals surface area contributed by atoms with E-state index in [1.165, 1.54) is 11.3 Å². The van der Waals surface area contributed by atoms with Crippen molar-refractivity contribution >= 4 is 21.4 Å². The second-order valence-corrected chi connectivity index (χ2v) is 7.27. The van der Waals surface area contributed by atoms with Crippen molar-refractivity contribution in [3.8, 4) is 0 Å².